The zero-order chi connectivity index (χ0) is 11.1. The van der Waals surface area contributed by atoms with Gasteiger partial charge in [-0.1, -0.05) is 26.2 Å². The highest BCUT2D eigenvalue weighted by molar-refractivity contribution is 7.89. The minimum absolute atomic E-state index is 0.295. The number of rotatable bonds is 8. The van der Waals surface area contributed by atoms with Gasteiger partial charge in [0, 0.05) is 13.1 Å². The third-order valence-corrected chi connectivity index (χ3v) is 4.31. The van der Waals surface area contributed by atoms with Crippen LogP contribution in [0.1, 0.15) is 32.6 Å². The standard InChI is InChI=1S/C10H22N2O2S/c1-2-11-7-8-12-15(13,14)9-6-10-4-3-5-10/h10-12H,2-9H2,1H3. The Morgan fingerprint density at radius 1 is 1.27 bits per heavy atom. The van der Waals surface area contributed by atoms with Crippen LogP contribution in [0.25, 0.3) is 0 Å². The summed E-state index contributed by atoms with van der Waals surface area (Å²) in [6, 6.07) is 0. The molecule has 1 aliphatic carbocycles. The van der Waals surface area contributed by atoms with Gasteiger partial charge in [0.1, 0.15) is 0 Å². The molecule has 0 aromatic heterocycles. The van der Waals surface area contributed by atoms with Crippen molar-refractivity contribution in [1.29, 1.82) is 0 Å². The predicted molar refractivity (Wildman–Crippen MR) is 62.3 cm³/mol. The van der Waals surface area contributed by atoms with Crippen molar-refractivity contribution >= 4 is 10.0 Å². The molecule has 0 bridgehead atoms. The van der Waals surface area contributed by atoms with Gasteiger partial charge >= 0.3 is 0 Å². The molecule has 4 nitrogen and oxygen atoms in total. The van der Waals surface area contributed by atoms with E-state index < -0.39 is 10.0 Å². The highest BCUT2D eigenvalue weighted by Gasteiger charge is 2.20. The Labute approximate surface area is 92.9 Å². The van der Waals surface area contributed by atoms with Gasteiger partial charge < -0.3 is 5.32 Å². The van der Waals surface area contributed by atoms with Crippen LogP contribution in [0, 0.1) is 5.92 Å². The van der Waals surface area contributed by atoms with Crippen LogP contribution in [0.3, 0.4) is 0 Å². The summed E-state index contributed by atoms with van der Waals surface area (Å²) < 4.78 is 25.6. The fourth-order valence-corrected chi connectivity index (χ4v) is 2.85. The van der Waals surface area contributed by atoms with Gasteiger partial charge in [-0.25, -0.2) is 13.1 Å². The molecule has 90 valence electrons. The van der Waals surface area contributed by atoms with Crippen molar-refractivity contribution in [3.05, 3.63) is 0 Å². The summed E-state index contributed by atoms with van der Waals surface area (Å²) >= 11 is 0. The normalized spacial score (nSPS) is 17.7. The van der Waals surface area contributed by atoms with Gasteiger partial charge in [0.2, 0.25) is 10.0 Å². The van der Waals surface area contributed by atoms with Crippen LogP contribution in [0.15, 0.2) is 0 Å². The lowest BCUT2D eigenvalue weighted by atomic mass is 9.84. The van der Waals surface area contributed by atoms with Crippen LogP contribution in [-0.2, 0) is 10.0 Å². The quantitative estimate of drug-likeness (QED) is 0.608. The van der Waals surface area contributed by atoms with Crippen LogP contribution in [0.4, 0.5) is 0 Å². The Bertz CT molecular complexity index is 261. The largest absolute Gasteiger partial charge is 0.316 e. The minimum Gasteiger partial charge on any atom is -0.316 e. The lowest BCUT2D eigenvalue weighted by Gasteiger charge is -2.24. The van der Waals surface area contributed by atoms with Crippen molar-refractivity contribution in [2.45, 2.75) is 32.6 Å². The van der Waals surface area contributed by atoms with Crippen molar-refractivity contribution in [1.82, 2.24) is 10.0 Å². The van der Waals surface area contributed by atoms with Gasteiger partial charge in [0.25, 0.3) is 0 Å². The molecular formula is C10H22N2O2S. The molecule has 0 aromatic carbocycles. The summed E-state index contributed by atoms with van der Waals surface area (Å²) in [5, 5.41) is 3.08. The maximum Gasteiger partial charge on any atom is 0.211 e. The van der Waals surface area contributed by atoms with Crippen LogP contribution in [-0.4, -0.2) is 33.8 Å². The monoisotopic (exact) mass is 234 g/mol. The number of sulfonamides is 1. The number of hydrogen-bond acceptors (Lipinski definition) is 3. The van der Waals surface area contributed by atoms with Crippen LogP contribution in [0.5, 0.6) is 0 Å². The molecule has 0 saturated heterocycles. The summed E-state index contributed by atoms with van der Waals surface area (Å²) in [5.41, 5.74) is 0. The molecule has 1 saturated carbocycles. The first-order valence-corrected chi connectivity index (χ1v) is 7.47. The zero-order valence-electron chi connectivity index (χ0n) is 9.46. The van der Waals surface area contributed by atoms with E-state index in [2.05, 4.69) is 10.0 Å². The van der Waals surface area contributed by atoms with Gasteiger partial charge in [0.15, 0.2) is 0 Å². The Kier molecular flexibility index (Phi) is 5.56. The smallest absolute Gasteiger partial charge is 0.211 e. The molecule has 0 spiro atoms. The second-order valence-corrected chi connectivity index (χ2v) is 6.08. The Morgan fingerprint density at radius 3 is 2.53 bits per heavy atom. The van der Waals surface area contributed by atoms with Crippen molar-refractivity contribution < 1.29 is 8.42 Å². The second-order valence-electron chi connectivity index (χ2n) is 4.15. The molecule has 1 rings (SSSR count). The molecule has 1 aliphatic rings. The molecule has 0 heterocycles. The third kappa shape index (κ3) is 5.49. The molecule has 0 aliphatic heterocycles. The Hall–Kier alpha value is -0.130. The Morgan fingerprint density at radius 2 is 2.00 bits per heavy atom. The molecule has 0 unspecified atom stereocenters. The average Bonchev–Trinajstić information content (AvgIpc) is 2.10. The van der Waals surface area contributed by atoms with E-state index in [-0.39, 0.29) is 0 Å². The fraction of sp³-hybridized carbons (Fsp3) is 1.00. The molecule has 5 heteroatoms. The van der Waals surface area contributed by atoms with Gasteiger partial charge in [-0.05, 0) is 18.9 Å². The maximum absolute atomic E-state index is 11.5. The van der Waals surface area contributed by atoms with Crippen LogP contribution < -0.4 is 10.0 Å². The molecule has 0 atom stereocenters. The average molecular weight is 234 g/mol. The van der Waals surface area contributed by atoms with E-state index in [1.165, 1.54) is 19.3 Å². The van der Waals surface area contributed by atoms with E-state index in [4.69, 9.17) is 0 Å². The van der Waals surface area contributed by atoms with Gasteiger partial charge in [-0.15, -0.1) is 0 Å². The predicted octanol–water partition coefficient (Wildman–Crippen LogP) is 0.706. The molecule has 2 N–H and O–H groups in total. The number of likely N-dealkylation sites (N-methyl/N-ethyl adjacent to an activating group) is 1. The summed E-state index contributed by atoms with van der Waals surface area (Å²) in [4.78, 5) is 0. The maximum atomic E-state index is 11.5. The molecule has 1 fully saturated rings. The SMILES string of the molecule is CCNCCNS(=O)(=O)CCC1CCC1. The van der Waals surface area contributed by atoms with E-state index in [9.17, 15) is 8.42 Å². The first kappa shape index (κ1) is 12.9. The second kappa shape index (κ2) is 6.45. The molecule has 0 aromatic rings. The van der Waals surface area contributed by atoms with E-state index in [0.29, 0.717) is 24.8 Å². The van der Waals surface area contributed by atoms with E-state index in [0.717, 1.165) is 13.0 Å². The van der Waals surface area contributed by atoms with Crippen molar-refractivity contribution in [3.63, 3.8) is 0 Å². The summed E-state index contributed by atoms with van der Waals surface area (Å²) in [6.07, 6.45) is 4.54. The molecular weight excluding hydrogens is 212 g/mol. The van der Waals surface area contributed by atoms with Crippen molar-refractivity contribution in [3.8, 4) is 0 Å². The summed E-state index contributed by atoms with van der Waals surface area (Å²) in [7, 11) is -3.02. The van der Waals surface area contributed by atoms with Gasteiger partial charge in [-0.2, -0.15) is 0 Å². The molecule has 0 amide bonds. The van der Waals surface area contributed by atoms with E-state index in [1.807, 2.05) is 6.92 Å². The van der Waals surface area contributed by atoms with E-state index in [1.54, 1.807) is 0 Å². The molecule has 0 radical (unpaired) electrons. The van der Waals surface area contributed by atoms with Crippen LogP contribution in [0.2, 0.25) is 0 Å². The first-order chi connectivity index (χ1) is 7.14. The summed E-state index contributed by atoms with van der Waals surface area (Å²) in [6.45, 7) is 4.09. The van der Waals surface area contributed by atoms with E-state index >= 15 is 0 Å². The third-order valence-electron chi connectivity index (χ3n) is 2.89. The highest BCUT2D eigenvalue weighted by Crippen LogP contribution is 2.29. The van der Waals surface area contributed by atoms with Crippen LogP contribution >= 0.6 is 0 Å². The van der Waals surface area contributed by atoms with Gasteiger partial charge in [0.05, 0.1) is 5.75 Å². The number of hydrogen-bond donors (Lipinski definition) is 2. The molecule has 15 heavy (non-hydrogen) atoms. The van der Waals surface area contributed by atoms with Crippen molar-refractivity contribution in [2.75, 3.05) is 25.4 Å². The summed E-state index contributed by atoms with van der Waals surface area (Å²) in [5.74, 6) is 0.958. The lowest BCUT2D eigenvalue weighted by Crippen LogP contribution is -2.34. The highest BCUT2D eigenvalue weighted by atomic mass is 32.2. The fourth-order valence-electron chi connectivity index (χ4n) is 1.65. The van der Waals surface area contributed by atoms with Gasteiger partial charge in [-0.3, -0.25) is 0 Å². The first-order valence-electron chi connectivity index (χ1n) is 5.82. The topological polar surface area (TPSA) is 58.2 Å². The zero-order valence-corrected chi connectivity index (χ0v) is 10.3. The number of nitrogens with one attached hydrogen (secondary N) is 2. The van der Waals surface area contributed by atoms with Crippen molar-refractivity contribution in [2.24, 2.45) is 5.92 Å². The Balaban J connectivity index is 2.08. The minimum atomic E-state index is -3.02. The lowest BCUT2D eigenvalue weighted by molar-refractivity contribution is 0.307.